The molecule has 1 aromatic heterocycles. The Hall–Kier alpha value is -1.56. The van der Waals surface area contributed by atoms with E-state index in [0.29, 0.717) is 18.1 Å². The van der Waals surface area contributed by atoms with Gasteiger partial charge in [-0.05, 0) is 19.3 Å². The standard InChI is InChI=1S/C11H18N4O2/c1-15-9(17-2)6-8(14-15)10(16)13-7-11(12)4-3-5-11/h6H,3-5,7,12H2,1-2H3,(H,13,16). The number of carbonyl (C=O) groups is 1. The minimum atomic E-state index is -0.214. The number of methoxy groups -OCH3 is 1. The van der Waals surface area contributed by atoms with E-state index in [1.807, 2.05) is 0 Å². The first-order valence-electron chi connectivity index (χ1n) is 5.69. The van der Waals surface area contributed by atoms with E-state index in [1.54, 1.807) is 20.2 Å². The Bertz CT molecular complexity index is 423. The third-order valence-corrected chi connectivity index (χ3v) is 3.23. The smallest absolute Gasteiger partial charge is 0.271 e. The number of hydrogen-bond donors (Lipinski definition) is 2. The molecule has 1 fully saturated rings. The fourth-order valence-corrected chi connectivity index (χ4v) is 1.91. The van der Waals surface area contributed by atoms with Gasteiger partial charge in [0, 0.05) is 25.2 Å². The molecule has 1 aliphatic rings. The van der Waals surface area contributed by atoms with Crippen LogP contribution >= 0.6 is 0 Å². The predicted molar refractivity (Wildman–Crippen MR) is 62.9 cm³/mol. The number of aromatic nitrogens is 2. The van der Waals surface area contributed by atoms with Crippen LogP contribution in [0.1, 0.15) is 29.8 Å². The van der Waals surface area contributed by atoms with E-state index in [-0.39, 0.29) is 11.4 Å². The second-order valence-corrected chi connectivity index (χ2v) is 4.59. The molecule has 0 bridgehead atoms. The second-order valence-electron chi connectivity index (χ2n) is 4.59. The molecule has 1 saturated carbocycles. The van der Waals surface area contributed by atoms with Crippen LogP contribution in [0.25, 0.3) is 0 Å². The van der Waals surface area contributed by atoms with Crippen molar-refractivity contribution >= 4 is 5.91 Å². The van der Waals surface area contributed by atoms with Crippen LogP contribution in [0.3, 0.4) is 0 Å². The maximum absolute atomic E-state index is 11.8. The maximum Gasteiger partial charge on any atom is 0.271 e. The molecule has 0 spiro atoms. The first-order valence-corrected chi connectivity index (χ1v) is 5.69. The monoisotopic (exact) mass is 238 g/mol. The molecule has 6 nitrogen and oxygen atoms in total. The largest absolute Gasteiger partial charge is 0.481 e. The number of ether oxygens (including phenoxy) is 1. The van der Waals surface area contributed by atoms with E-state index in [1.165, 1.54) is 4.68 Å². The lowest BCUT2D eigenvalue weighted by molar-refractivity contribution is 0.0924. The van der Waals surface area contributed by atoms with Crippen LogP contribution in [-0.4, -0.2) is 34.9 Å². The maximum atomic E-state index is 11.8. The molecule has 2 rings (SSSR count). The van der Waals surface area contributed by atoms with Crippen molar-refractivity contribution in [3.63, 3.8) is 0 Å². The van der Waals surface area contributed by atoms with Crippen LogP contribution in [0.4, 0.5) is 0 Å². The van der Waals surface area contributed by atoms with Gasteiger partial charge in [-0.25, -0.2) is 4.68 Å². The lowest BCUT2D eigenvalue weighted by atomic mass is 9.78. The van der Waals surface area contributed by atoms with Gasteiger partial charge in [0.2, 0.25) is 5.88 Å². The topological polar surface area (TPSA) is 82.2 Å². The van der Waals surface area contributed by atoms with E-state index in [2.05, 4.69) is 10.4 Å². The van der Waals surface area contributed by atoms with Gasteiger partial charge in [-0.3, -0.25) is 4.79 Å². The van der Waals surface area contributed by atoms with Crippen molar-refractivity contribution in [2.45, 2.75) is 24.8 Å². The molecule has 17 heavy (non-hydrogen) atoms. The first kappa shape index (κ1) is 11.9. The highest BCUT2D eigenvalue weighted by Gasteiger charge is 2.32. The van der Waals surface area contributed by atoms with Crippen LogP contribution in [0, 0.1) is 0 Å². The Labute approximate surface area is 100 Å². The molecule has 0 atom stereocenters. The lowest BCUT2D eigenvalue weighted by Gasteiger charge is -2.37. The fourth-order valence-electron chi connectivity index (χ4n) is 1.91. The number of aryl methyl sites for hydroxylation is 1. The average molecular weight is 238 g/mol. The van der Waals surface area contributed by atoms with E-state index in [4.69, 9.17) is 10.5 Å². The molecule has 0 unspecified atom stereocenters. The van der Waals surface area contributed by atoms with Crippen molar-refractivity contribution < 1.29 is 9.53 Å². The summed E-state index contributed by atoms with van der Waals surface area (Å²) in [6.07, 6.45) is 3.08. The minimum absolute atomic E-state index is 0.208. The molecule has 3 N–H and O–H groups in total. The summed E-state index contributed by atoms with van der Waals surface area (Å²) in [5, 5.41) is 6.88. The summed E-state index contributed by atoms with van der Waals surface area (Å²) in [7, 11) is 3.27. The Kier molecular flexibility index (Phi) is 3.06. The summed E-state index contributed by atoms with van der Waals surface area (Å²) in [6.45, 7) is 0.505. The van der Waals surface area contributed by atoms with Crippen molar-refractivity contribution in [1.29, 1.82) is 0 Å². The molecule has 1 aromatic rings. The van der Waals surface area contributed by atoms with Gasteiger partial charge in [0.05, 0.1) is 7.11 Å². The molecule has 1 aliphatic carbocycles. The highest BCUT2D eigenvalue weighted by Crippen LogP contribution is 2.28. The molecular formula is C11H18N4O2. The molecular weight excluding hydrogens is 220 g/mol. The quantitative estimate of drug-likeness (QED) is 0.776. The van der Waals surface area contributed by atoms with Gasteiger partial charge >= 0.3 is 0 Å². The highest BCUT2D eigenvalue weighted by atomic mass is 16.5. The zero-order valence-corrected chi connectivity index (χ0v) is 10.2. The van der Waals surface area contributed by atoms with Crippen molar-refractivity contribution in [3.05, 3.63) is 11.8 Å². The molecule has 94 valence electrons. The predicted octanol–water partition coefficient (Wildman–Crippen LogP) is 0.0399. The van der Waals surface area contributed by atoms with Crippen LogP contribution < -0.4 is 15.8 Å². The zero-order chi connectivity index (χ0) is 12.5. The van der Waals surface area contributed by atoms with Crippen molar-refractivity contribution in [2.75, 3.05) is 13.7 Å². The Morgan fingerprint density at radius 3 is 2.88 bits per heavy atom. The molecule has 0 radical (unpaired) electrons. The Balaban J connectivity index is 1.94. The zero-order valence-electron chi connectivity index (χ0n) is 10.2. The third kappa shape index (κ3) is 2.41. The van der Waals surface area contributed by atoms with E-state index in [9.17, 15) is 4.79 Å². The van der Waals surface area contributed by atoms with Crippen molar-refractivity contribution in [3.8, 4) is 5.88 Å². The molecule has 6 heteroatoms. The van der Waals surface area contributed by atoms with Crippen LogP contribution in [0.15, 0.2) is 6.07 Å². The Morgan fingerprint density at radius 1 is 1.71 bits per heavy atom. The first-order chi connectivity index (χ1) is 8.04. The van der Waals surface area contributed by atoms with Gasteiger partial charge in [-0.1, -0.05) is 0 Å². The van der Waals surface area contributed by atoms with Gasteiger partial charge in [-0.2, -0.15) is 5.10 Å². The van der Waals surface area contributed by atoms with E-state index < -0.39 is 0 Å². The summed E-state index contributed by atoms with van der Waals surface area (Å²) < 4.78 is 6.57. The van der Waals surface area contributed by atoms with Crippen LogP contribution in [0.2, 0.25) is 0 Å². The van der Waals surface area contributed by atoms with Crippen molar-refractivity contribution in [2.24, 2.45) is 12.8 Å². The number of amides is 1. The normalized spacial score (nSPS) is 17.4. The summed E-state index contributed by atoms with van der Waals surface area (Å²) in [4.78, 5) is 11.8. The third-order valence-electron chi connectivity index (χ3n) is 3.23. The van der Waals surface area contributed by atoms with Crippen molar-refractivity contribution in [1.82, 2.24) is 15.1 Å². The average Bonchev–Trinajstić information content (AvgIpc) is 2.65. The molecule has 0 aromatic carbocycles. The summed E-state index contributed by atoms with van der Waals surface area (Å²) in [6, 6.07) is 1.61. The number of hydrogen-bond acceptors (Lipinski definition) is 4. The minimum Gasteiger partial charge on any atom is -0.481 e. The van der Waals surface area contributed by atoms with Gasteiger partial charge in [0.25, 0.3) is 5.91 Å². The van der Waals surface area contributed by atoms with Gasteiger partial charge in [0.15, 0.2) is 5.69 Å². The van der Waals surface area contributed by atoms with Crippen LogP contribution in [-0.2, 0) is 7.05 Å². The Morgan fingerprint density at radius 2 is 2.41 bits per heavy atom. The number of nitrogens with zero attached hydrogens (tertiary/aromatic N) is 2. The van der Waals surface area contributed by atoms with Gasteiger partial charge < -0.3 is 15.8 Å². The SMILES string of the molecule is COc1cc(C(=O)NCC2(N)CCC2)nn1C. The summed E-state index contributed by atoms with van der Waals surface area (Å²) in [5.41, 5.74) is 6.17. The molecule has 1 heterocycles. The molecule has 1 amide bonds. The highest BCUT2D eigenvalue weighted by molar-refractivity contribution is 5.92. The second kappa shape index (κ2) is 4.37. The fraction of sp³-hybridized carbons (Fsp3) is 0.636. The van der Waals surface area contributed by atoms with E-state index >= 15 is 0 Å². The summed E-state index contributed by atoms with van der Waals surface area (Å²) >= 11 is 0. The summed E-state index contributed by atoms with van der Waals surface area (Å²) in [5.74, 6) is 0.349. The molecule has 0 saturated heterocycles. The lowest BCUT2D eigenvalue weighted by Crippen LogP contribution is -2.54. The van der Waals surface area contributed by atoms with Gasteiger partial charge in [-0.15, -0.1) is 0 Å². The molecule has 0 aliphatic heterocycles. The number of nitrogens with two attached hydrogens (primary N) is 1. The number of nitrogens with one attached hydrogen (secondary N) is 1. The van der Waals surface area contributed by atoms with Crippen LogP contribution in [0.5, 0.6) is 5.88 Å². The number of rotatable bonds is 4. The van der Waals surface area contributed by atoms with Gasteiger partial charge in [0.1, 0.15) is 0 Å². The van der Waals surface area contributed by atoms with E-state index in [0.717, 1.165) is 19.3 Å². The number of carbonyl (C=O) groups excluding carboxylic acids is 1.